The van der Waals surface area contributed by atoms with E-state index in [1.54, 1.807) is 0 Å². The van der Waals surface area contributed by atoms with E-state index in [2.05, 4.69) is 34.1 Å². The Morgan fingerprint density at radius 3 is 3.06 bits per heavy atom. The molecule has 0 saturated carbocycles. The van der Waals surface area contributed by atoms with Crippen LogP contribution in [0.1, 0.15) is 37.3 Å². The number of aryl methyl sites for hydroxylation is 1. The van der Waals surface area contributed by atoms with Crippen molar-refractivity contribution in [3.8, 4) is 0 Å². The number of hydrogen-bond acceptors (Lipinski definition) is 2. The van der Waals surface area contributed by atoms with Gasteiger partial charge in [-0.1, -0.05) is 22.0 Å². The van der Waals surface area contributed by atoms with E-state index >= 15 is 0 Å². The Morgan fingerprint density at radius 1 is 1.44 bits per heavy atom. The maximum Gasteiger partial charge on any atom is 0.305 e. The number of carbonyl (C=O) groups excluding carboxylic acids is 1. The molecule has 0 amide bonds. The zero-order valence-electron chi connectivity index (χ0n) is 10.7. The zero-order chi connectivity index (χ0) is 13.0. The summed E-state index contributed by atoms with van der Waals surface area (Å²) in [4.78, 5) is 11.3. The van der Waals surface area contributed by atoms with Crippen LogP contribution in [-0.2, 0) is 22.4 Å². The fourth-order valence-corrected chi connectivity index (χ4v) is 3.01. The Kier molecular flexibility index (Phi) is 4.81. The molecule has 0 saturated heterocycles. The van der Waals surface area contributed by atoms with Crippen LogP contribution in [0.2, 0.25) is 0 Å². The largest absolute Gasteiger partial charge is 0.466 e. The molecule has 2 rings (SSSR count). The Balaban J connectivity index is 1.88. The van der Waals surface area contributed by atoms with Gasteiger partial charge >= 0.3 is 5.97 Å². The molecule has 1 atom stereocenters. The second-order valence-electron chi connectivity index (χ2n) is 4.87. The van der Waals surface area contributed by atoms with Gasteiger partial charge in [0.1, 0.15) is 0 Å². The number of rotatable bonds is 4. The molecule has 0 spiro atoms. The SMILES string of the molecule is CCOC(=O)CCC1CCc2cc(Br)ccc2C1. The van der Waals surface area contributed by atoms with Crippen LogP contribution in [0.15, 0.2) is 22.7 Å². The molecule has 1 aromatic carbocycles. The third-order valence-electron chi connectivity index (χ3n) is 3.56. The number of ether oxygens (including phenoxy) is 1. The molecule has 0 fully saturated rings. The first-order chi connectivity index (χ1) is 8.69. The lowest BCUT2D eigenvalue weighted by Gasteiger charge is -2.24. The lowest BCUT2D eigenvalue weighted by atomic mass is 9.82. The average Bonchev–Trinajstić information content (AvgIpc) is 2.36. The minimum Gasteiger partial charge on any atom is -0.466 e. The minimum absolute atomic E-state index is 0.0564. The molecule has 1 unspecified atom stereocenters. The summed E-state index contributed by atoms with van der Waals surface area (Å²) in [5, 5.41) is 0. The summed E-state index contributed by atoms with van der Waals surface area (Å²) in [5.74, 6) is 0.571. The fraction of sp³-hybridized carbons (Fsp3) is 0.533. The molecule has 0 bridgehead atoms. The number of fused-ring (bicyclic) bond motifs is 1. The fourth-order valence-electron chi connectivity index (χ4n) is 2.60. The summed E-state index contributed by atoms with van der Waals surface area (Å²) in [6.45, 7) is 2.34. The summed E-state index contributed by atoms with van der Waals surface area (Å²) in [6.07, 6.45) is 4.92. The molecule has 1 aliphatic rings. The summed E-state index contributed by atoms with van der Waals surface area (Å²) < 4.78 is 6.13. The molecule has 3 heteroatoms. The van der Waals surface area contributed by atoms with Gasteiger partial charge in [0, 0.05) is 10.9 Å². The van der Waals surface area contributed by atoms with Gasteiger partial charge in [-0.05, 0) is 61.8 Å². The van der Waals surface area contributed by atoms with Gasteiger partial charge in [-0.2, -0.15) is 0 Å². The number of esters is 1. The minimum atomic E-state index is -0.0564. The van der Waals surface area contributed by atoms with Gasteiger partial charge in [0.05, 0.1) is 6.61 Å². The summed E-state index contributed by atoms with van der Waals surface area (Å²) in [7, 11) is 0. The first kappa shape index (κ1) is 13.6. The van der Waals surface area contributed by atoms with E-state index in [-0.39, 0.29) is 5.97 Å². The molecule has 0 aliphatic heterocycles. The van der Waals surface area contributed by atoms with Crippen LogP contribution >= 0.6 is 15.9 Å². The molecule has 2 nitrogen and oxygen atoms in total. The van der Waals surface area contributed by atoms with Crippen LogP contribution in [-0.4, -0.2) is 12.6 Å². The first-order valence-electron chi connectivity index (χ1n) is 6.62. The number of carbonyl (C=O) groups is 1. The third-order valence-corrected chi connectivity index (χ3v) is 4.05. The highest BCUT2D eigenvalue weighted by atomic mass is 79.9. The molecule has 0 radical (unpaired) electrons. The maximum atomic E-state index is 11.3. The van der Waals surface area contributed by atoms with Gasteiger partial charge in [0.25, 0.3) is 0 Å². The molecule has 0 aromatic heterocycles. The van der Waals surface area contributed by atoms with Crippen LogP contribution in [0.5, 0.6) is 0 Å². The van der Waals surface area contributed by atoms with E-state index < -0.39 is 0 Å². The van der Waals surface area contributed by atoms with E-state index in [9.17, 15) is 4.79 Å². The average molecular weight is 311 g/mol. The molecule has 0 heterocycles. The van der Waals surface area contributed by atoms with E-state index in [0.717, 1.165) is 23.7 Å². The highest BCUT2D eigenvalue weighted by Crippen LogP contribution is 2.30. The van der Waals surface area contributed by atoms with Crippen molar-refractivity contribution in [3.05, 3.63) is 33.8 Å². The van der Waals surface area contributed by atoms with E-state index in [1.165, 1.54) is 17.5 Å². The van der Waals surface area contributed by atoms with Crippen molar-refractivity contribution in [1.29, 1.82) is 0 Å². The first-order valence-corrected chi connectivity index (χ1v) is 7.41. The lowest BCUT2D eigenvalue weighted by molar-refractivity contribution is -0.143. The highest BCUT2D eigenvalue weighted by molar-refractivity contribution is 9.10. The molecular formula is C15H19BrO2. The summed E-state index contributed by atoms with van der Waals surface area (Å²) in [6, 6.07) is 6.53. The van der Waals surface area contributed by atoms with Crippen molar-refractivity contribution in [2.24, 2.45) is 5.92 Å². The van der Waals surface area contributed by atoms with Crippen molar-refractivity contribution in [2.75, 3.05) is 6.61 Å². The predicted molar refractivity (Wildman–Crippen MR) is 75.5 cm³/mol. The van der Waals surface area contributed by atoms with Crippen LogP contribution in [0.3, 0.4) is 0 Å². The van der Waals surface area contributed by atoms with E-state index in [1.807, 2.05) is 6.92 Å². The standard InChI is InChI=1S/C15H19BrO2/c1-2-18-15(17)8-4-11-3-5-13-10-14(16)7-6-12(13)9-11/h6-7,10-11H,2-5,8-9H2,1H3. The van der Waals surface area contributed by atoms with Gasteiger partial charge < -0.3 is 4.74 Å². The molecule has 1 aliphatic carbocycles. The van der Waals surface area contributed by atoms with Crippen molar-refractivity contribution in [2.45, 2.75) is 39.0 Å². The van der Waals surface area contributed by atoms with Crippen LogP contribution in [0, 0.1) is 5.92 Å². The quantitative estimate of drug-likeness (QED) is 0.788. The van der Waals surface area contributed by atoms with Gasteiger partial charge in [-0.25, -0.2) is 0 Å². The molecule has 1 aromatic rings. The number of halogens is 1. The van der Waals surface area contributed by atoms with E-state index in [4.69, 9.17) is 4.74 Å². The Bertz CT molecular complexity index is 429. The lowest BCUT2D eigenvalue weighted by Crippen LogP contribution is -2.16. The van der Waals surface area contributed by atoms with Crippen molar-refractivity contribution in [3.63, 3.8) is 0 Å². The van der Waals surface area contributed by atoms with Crippen molar-refractivity contribution < 1.29 is 9.53 Å². The monoisotopic (exact) mass is 310 g/mol. The molecule has 0 N–H and O–H groups in total. The number of benzene rings is 1. The Labute approximate surface area is 117 Å². The van der Waals surface area contributed by atoms with Gasteiger partial charge in [0.2, 0.25) is 0 Å². The summed E-state index contributed by atoms with van der Waals surface area (Å²) in [5.41, 5.74) is 2.90. The Morgan fingerprint density at radius 2 is 2.28 bits per heavy atom. The Hall–Kier alpha value is -0.830. The van der Waals surface area contributed by atoms with Gasteiger partial charge in [-0.3, -0.25) is 4.79 Å². The van der Waals surface area contributed by atoms with Gasteiger partial charge in [0.15, 0.2) is 0 Å². The maximum absolute atomic E-state index is 11.3. The second kappa shape index (κ2) is 6.37. The molecule has 18 heavy (non-hydrogen) atoms. The van der Waals surface area contributed by atoms with E-state index in [0.29, 0.717) is 18.9 Å². The highest BCUT2D eigenvalue weighted by Gasteiger charge is 2.19. The van der Waals surface area contributed by atoms with Gasteiger partial charge in [-0.15, -0.1) is 0 Å². The normalized spacial score (nSPS) is 18.2. The topological polar surface area (TPSA) is 26.3 Å². The van der Waals surface area contributed by atoms with Crippen LogP contribution in [0.25, 0.3) is 0 Å². The third kappa shape index (κ3) is 3.58. The van der Waals surface area contributed by atoms with Crippen molar-refractivity contribution in [1.82, 2.24) is 0 Å². The van der Waals surface area contributed by atoms with Crippen LogP contribution in [0.4, 0.5) is 0 Å². The summed E-state index contributed by atoms with van der Waals surface area (Å²) >= 11 is 3.51. The predicted octanol–water partition coefficient (Wildman–Crippen LogP) is 3.90. The van der Waals surface area contributed by atoms with Crippen molar-refractivity contribution >= 4 is 21.9 Å². The zero-order valence-corrected chi connectivity index (χ0v) is 12.3. The number of hydrogen-bond donors (Lipinski definition) is 0. The van der Waals surface area contributed by atoms with Crippen LogP contribution < -0.4 is 0 Å². The smallest absolute Gasteiger partial charge is 0.305 e. The second-order valence-corrected chi connectivity index (χ2v) is 5.78. The molecular weight excluding hydrogens is 292 g/mol. The molecule has 98 valence electrons.